The Morgan fingerprint density at radius 1 is 0.558 bits per heavy atom. The highest BCUT2D eigenvalue weighted by Gasteiger charge is 2.41. The van der Waals surface area contributed by atoms with Crippen LogP contribution in [-0.2, 0) is 14.2 Å². The van der Waals surface area contributed by atoms with Crippen molar-refractivity contribution in [3.8, 4) is 51.7 Å². The summed E-state index contributed by atoms with van der Waals surface area (Å²) in [5.41, 5.74) is -0.0677. The summed E-state index contributed by atoms with van der Waals surface area (Å²) in [4.78, 5) is 39.4. The second kappa shape index (κ2) is 17.5. The molecule has 0 amide bonds. The number of carbonyl (C=O) groups is 3. The zero-order valence-corrected chi connectivity index (χ0v) is 29.7. The number of aliphatic hydroxyl groups is 2. The Morgan fingerprint density at radius 2 is 0.942 bits per heavy atom. The van der Waals surface area contributed by atoms with Gasteiger partial charge in [0.25, 0.3) is 0 Å². The number of esters is 3. The summed E-state index contributed by atoms with van der Waals surface area (Å²) in [5, 5.41) is 21.6. The molecule has 0 radical (unpaired) electrons. The molecule has 1 fully saturated rings. The van der Waals surface area contributed by atoms with Crippen LogP contribution in [0.25, 0.3) is 0 Å². The molecule has 1 heterocycles. The molecular weight excluding hydrogens is 692 g/mol. The van der Waals surface area contributed by atoms with Crippen molar-refractivity contribution < 1.29 is 81.4 Å². The molecule has 282 valence electrons. The van der Waals surface area contributed by atoms with Gasteiger partial charge in [0.05, 0.1) is 80.2 Å². The molecule has 1 aliphatic rings. The van der Waals surface area contributed by atoms with Crippen molar-refractivity contribution in [1.82, 2.24) is 0 Å². The summed E-state index contributed by atoms with van der Waals surface area (Å²) in [5.74, 6) is -1.46. The van der Waals surface area contributed by atoms with Gasteiger partial charge in [-0.2, -0.15) is 0 Å². The largest absolute Gasteiger partial charge is 0.493 e. The zero-order valence-electron chi connectivity index (χ0n) is 29.7. The molecular formula is C35H40O17. The molecule has 0 spiro atoms. The Balaban J connectivity index is 1.45. The highest BCUT2D eigenvalue weighted by atomic mass is 16.6. The molecule has 3 aromatic carbocycles. The lowest BCUT2D eigenvalue weighted by atomic mass is 10.0. The first-order chi connectivity index (χ1) is 25.0. The third kappa shape index (κ3) is 8.28. The van der Waals surface area contributed by atoms with Gasteiger partial charge in [0.1, 0.15) is 24.9 Å². The van der Waals surface area contributed by atoms with E-state index >= 15 is 0 Å². The second-order valence-electron chi connectivity index (χ2n) is 10.8. The van der Waals surface area contributed by atoms with Crippen molar-refractivity contribution in [3.63, 3.8) is 0 Å². The summed E-state index contributed by atoms with van der Waals surface area (Å²) in [6.45, 7) is -0.854. The van der Waals surface area contributed by atoms with E-state index in [-0.39, 0.29) is 75.0 Å². The highest BCUT2D eigenvalue weighted by Crippen LogP contribution is 2.42. The minimum absolute atomic E-state index is 0.00103. The van der Waals surface area contributed by atoms with Gasteiger partial charge in [-0.25, -0.2) is 14.4 Å². The standard InChI is InChI=1S/C35H40O17/c1-41-20-10-18(11-21(42-2)30(20)46-6)34(39)51-25-14-17(9-24(45-5)32(25)48-8)33(38)50-15-26-28(36)29(37)27(16-49-26)52-35(40)19-12-22(43-3)31(47-7)23(13-19)44-4/h9-14,26-29,36-37H,15-16H2,1-8H3/t26-,27+,28-,29-/m1/s1. The van der Waals surface area contributed by atoms with Crippen LogP contribution >= 0.6 is 0 Å². The quantitative estimate of drug-likeness (QED) is 0.170. The van der Waals surface area contributed by atoms with Gasteiger partial charge in [0, 0.05) is 0 Å². The monoisotopic (exact) mass is 732 g/mol. The van der Waals surface area contributed by atoms with Crippen LogP contribution in [0, 0.1) is 0 Å². The first-order valence-electron chi connectivity index (χ1n) is 15.4. The molecule has 0 unspecified atom stereocenters. The highest BCUT2D eigenvalue weighted by molar-refractivity contribution is 5.95. The summed E-state index contributed by atoms with van der Waals surface area (Å²) in [6, 6.07) is 8.00. The molecule has 0 aliphatic carbocycles. The SMILES string of the molecule is COc1cc(C(=O)Oc2cc(C(=O)OC[C@H]3OC[C@H](OC(=O)c4cc(OC)c(OC)c(OC)c4)[C@@H](O)[C@@H]3O)cc(OC)c2OC)cc(OC)c1OC. The van der Waals surface area contributed by atoms with E-state index in [9.17, 15) is 24.6 Å². The van der Waals surface area contributed by atoms with Crippen LogP contribution in [0.5, 0.6) is 51.7 Å². The zero-order chi connectivity index (χ0) is 38.1. The molecule has 0 bridgehead atoms. The van der Waals surface area contributed by atoms with Gasteiger partial charge in [0.15, 0.2) is 40.6 Å². The lowest BCUT2D eigenvalue weighted by Crippen LogP contribution is -2.55. The van der Waals surface area contributed by atoms with E-state index < -0.39 is 48.9 Å². The first kappa shape index (κ1) is 39.1. The van der Waals surface area contributed by atoms with Crippen LogP contribution in [0.3, 0.4) is 0 Å². The Morgan fingerprint density at radius 3 is 1.37 bits per heavy atom. The molecule has 0 aromatic heterocycles. The normalized spacial score (nSPS) is 18.0. The molecule has 52 heavy (non-hydrogen) atoms. The fourth-order valence-corrected chi connectivity index (χ4v) is 5.23. The maximum Gasteiger partial charge on any atom is 0.343 e. The Hall–Kier alpha value is -5.65. The summed E-state index contributed by atoms with van der Waals surface area (Å²) in [6.07, 6.45) is -5.71. The molecule has 1 aliphatic heterocycles. The van der Waals surface area contributed by atoms with Crippen molar-refractivity contribution in [2.75, 3.05) is 70.1 Å². The smallest absolute Gasteiger partial charge is 0.343 e. The third-order valence-electron chi connectivity index (χ3n) is 7.91. The van der Waals surface area contributed by atoms with E-state index in [0.717, 1.165) is 0 Å². The summed E-state index contributed by atoms with van der Waals surface area (Å²) >= 11 is 0. The first-order valence-corrected chi connectivity index (χ1v) is 15.4. The number of methoxy groups -OCH3 is 8. The third-order valence-corrected chi connectivity index (χ3v) is 7.91. The number of rotatable bonds is 15. The van der Waals surface area contributed by atoms with E-state index in [1.165, 1.54) is 93.3 Å². The van der Waals surface area contributed by atoms with E-state index in [1.807, 2.05) is 0 Å². The van der Waals surface area contributed by atoms with Gasteiger partial charge in [-0.05, 0) is 36.4 Å². The van der Waals surface area contributed by atoms with E-state index in [0.29, 0.717) is 0 Å². The van der Waals surface area contributed by atoms with Gasteiger partial charge in [-0.3, -0.25) is 0 Å². The lowest BCUT2D eigenvalue weighted by molar-refractivity contribution is -0.196. The molecule has 2 N–H and O–H groups in total. The van der Waals surface area contributed by atoms with Crippen LogP contribution in [-0.4, -0.2) is 123 Å². The van der Waals surface area contributed by atoms with Gasteiger partial charge in [-0.1, -0.05) is 0 Å². The molecule has 17 nitrogen and oxygen atoms in total. The predicted molar refractivity (Wildman–Crippen MR) is 178 cm³/mol. The molecule has 4 atom stereocenters. The second-order valence-corrected chi connectivity index (χ2v) is 10.8. The van der Waals surface area contributed by atoms with Crippen molar-refractivity contribution in [3.05, 3.63) is 53.1 Å². The molecule has 3 aromatic rings. The molecule has 0 saturated carbocycles. The van der Waals surface area contributed by atoms with E-state index in [1.54, 1.807) is 0 Å². The summed E-state index contributed by atoms with van der Waals surface area (Å²) < 4.78 is 64.5. The van der Waals surface area contributed by atoms with Crippen LogP contribution in [0.1, 0.15) is 31.1 Å². The molecule has 4 rings (SSSR count). The number of hydrogen-bond donors (Lipinski definition) is 2. The van der Waals surface area contributed by atoms with Gasteiger partial charge >= 0.3 is 17.9 Å². The lowest BCUT2D eigenvalue weighted by Gasteiger charge is -2.36. The molecule has 17 heteroatoms. The average Bonchev–Trinajstić information content (AvgIpc) is 3.17. The van der Waals surface area contributed by atoms with Crippen LogP contribution in [0.2, 0.25) is 0 Å². The minimum Gasteiger partial charge on any atom is -0.493 e. The van der Waals surface area contributed by atoms with Gasteiger partial charge < -0.3 is 67.1 Å². The van der Waals surface area contributed by atoms with E-state index in [4.69, 9.17) is 56.8 Å². The van der Waals surface area contributed by atoms with E-state index in [2.05, 4.69) is 0 Å². The maximum atomic E-state index is 13.3. The Bertz CT molecular complexity index is 1710. The van der Waals surface area contributed by atoms with Crippen molar-refractivity contribution in [2.45, 2.75) is 24.4 Å². The van der Waals surface area contributed by atoms with Crippen molar-refractivity contribution in [2.24, 2.45) is 0 Å². The topological polar surface area (TPSA) is 202 Å². The fourth-order valence-electron chi connectivity index (χ4n) is 5.23. The van der Waals surface area contributed by atoms with Crippen LogP contribution in [0.15, 0.2) is 36.4 Å². The minimum atomic E-state index is -1.63. The number of aliphatic hydroxyl groups excluding tert-OH is 2. The number of hydrogen-bond acceptors (Lipinski definition) is 17. The fraction of sp³-hybridized carbons (Fsp3) is 0.400. The van der Waals surface area contributed by atoms with Crippen LogP contribution in [0.4, 0.5) is 0 Å². The number of benzene rings is 3. The maximum absolute atomic E-state index is 13.3. The van der Waals surface area contributed by atoms with Gasteiger partial charge in [0.2, 0.25) is 17.2 Å². The number of ether oxygens (including phenoxy) is 12. The molecule has 1 saturated heterocycles. The summed E-state index contributed by atoms with van der Waals surface area (Å²) in [7, 11) is 11.0. The predicted octanol–water partition coefficient (Wildman–Crippen LogP) is 2.48. The Kier molecular flexibility index (Phi) is 13.2. The average molecular weight is 733 g/mol. The number of carbonyl (C=O) groups excluding carboxylic acids is 3. The van der Waals surface area contributed by atoms with Gasteiger partial charge in [-0.15, -0.1) is 0 Å². The van der Waals surface area contributed by atoms with Crippen molar-refractivity contribution in [1.29, 1.82) is 0 Å². The van der Waals surface area contributed by atoms with Crippen LogP contribution < -0.4 is 42.6 Å². The van der Waals surface area contributed by atoms with Crippen molar-refractivity contribution >= 4 is 17.9 Å². The Labute approximate surface area is 298 Å².